The highest BCUT2D eigenvalue weighted by Gasteiger charge is 2.47. The summed E-state index contributed by atoms with van der Waals surface area (Å²) in [4.78, 5) is 39.9. The minimum atomic E-state index is -0.952. The molecule has 8 heteroatoms. The van der Waals surface area contributed by atoms with Crippen LogP contribution >= 0.6 is 0 Å². The van der Waals surface area contributed by atoms with Gasteiger partial charge in [-0.15, -0.1) is 0 Å². The van der Waals surface area contributed by atoms with Gasteiger partial charge in [0.25, 0.3) is 0 Å². The average Bonchev–Trinajstić information content (AvgIpc) is 2.80. The van der Waals surface area contributed by atoms with Crippen molar-refractivity contribution in [3.05, 3.63) is 52.4 Å². The number of esters is 2. The summed E-state index contributed by atoms with van der Waals surface area (Å²) in [6, 6.07) is 7.35. The van der Waals surface area contributed by atoms with Gasteiger partial charge in [-0.3, -0.25) is 9.59 Å². The van der Waals surface area contributed by atoms with Crippen LogP contribution in [-0.4, -0.2) is 50.3 Å². The van der Waals surface area contributed by atoms with E-state index in [1.165, 1.54) is 7.11 Å². The third-order valence-electron chi connectivity index (χ3n) is 6.32. The van der Waals surface area contributed by atoms with Crippen molar-refractivity contribution in [3.8, 4) is 5.75 Å². The molecular weight excluding hydrogens is 462 g/mol. The third kappa shape index (κ3) is 5.81. The Morgan fingerprint density at radius 2 is 1.78 bits per heavy atom. The van der Waals surface area contributed by atoms with Crippen LogP contribution < -0.4 is 10.1 Å². The molecule has 3 atom stereocenters. The van der Waals surface area contributed by atoms with Gasteiger partial charge >= 0.3 is 11.9 Å². The molecule has 0 bridgehead atoms. The number of benzene rings is 1. The van der Waals surface area contributed by atoms with E-state index in [4.69, 9.17) is 18.9 Å². The quantitative estimate of drug-likeness (QED) is 0.309. The Labute approximate surface area is 213 Å². The summed E-state index contributed by atoms with van der Waals surface area (Å²) in [7, 11) is 1.28. The SMILES string of the molecule is COC(=O)C1C(=O)C2=C(CC1C)NC(C)=C(C(=O)OCCOC(C)C)C2c1ccccc1OC(C)C. The van der Waals surface area contributed by atoms with E-state index in [2.05, 4.69) is 5.32 Å². The van der Waals surface area contributed by atoms with Crippen molar-refractivity contribution in [1.82, 2.24) is 5.32 Å². The predicted molar refractivity (Wildman–Crippen MR) is 134 cm³/mol. The lowest BCUT2D eigenvalue weighted by Gasteiger charge is -2.38. The number of carbonyl (C=O) groups excluding carboxylic acids is 3. The van der Waals surface area contributed by atoms with Crippen LogP contribution in [0.4, 0.5) is 0 Å². The molecule has 0 aromatic heterocycles. The van der Waals surface area contributed by atoms with Crippen LogP contribution in [0.5, 0.6) is 5.75 Å². The molecule has 0 fully saturated rings. The van der Waals surface area contributed by atoms with Gasteiger partial charge in [0.2, 0.25) is 0 Å². The minimum Gasteiger partial charge on any atom is -0.491 e. The van der Waals surface area contributed by atoms with Crippen molar-refractivity contribution in [2.24, 2.45) is 11.8 Å². The number of nitrogens with one attached hydrogen (secondary N) is 1. The third-order valence-corrected chi connectivity index (χ3v) is 6.32. The Hall–Kier alpha value is -3.13. The second-order valence-corrected chi connectivity index (χ2v) is 9.80. The molecule has 8 nitrogen and oxygen atoms in total. The van der Waals surface area contributed by atoms with Crippen molar-refractivity contribution in [3.63, 3.8) is 0 Å². The number of ether oxygens (including phenoxy) is 4. The number of carbonyl (C=O) groups is 3. The largest absolute Gasteiger partial charge is 0.491 e. The van der Waals surface area contributed by atoms with Crippen molar-refractivity contribution in [2.75, 3.05) is 20.3 Å². The Morgan fingerprint density at radius 3 is 2.42 bits per heavy atom. The number of rotatable bonds is 9. The summed E-state index contributed by atoms with van der Waals surface area (Å²) in [6.45, 7) is 11.6. The first-order valence-corrected chi connectivity index (χ1v) is 12.4. The first-order chi connectivity index (χ1) is 17.1. The van der Waals surface area contributed by atoms with Gasteiger partial charge in [-0.05, 0) is 53.0 Å². The van der Waals surface area contributed by atoms with Gasteiger partial charge in [0, 0.05) is 22.5 Å². The van der Waals surface area contributed by atoms with E-state index >= 15 is 0 Å². The number of hydrogen-bond donors (Lipinski definition) is 1. The van der Waals surface area contributed by atoms with Crippen molar-refractivity contribution < 1.29 is 33.3 Å². The Kier molecular flexibility index (Phi) is 8.95. The number of dihydropyridines is 1. The highest BCUT2D eigenvalue weighted by atomic mass is 16.6. The average molecular weight is 500 g/mol. The second kappa shape index (κ2) is 11.7. The van der Waals surface area contributed by atoms with E-state index in [1.54, 1.807) is 6.92 Å². The Balaban J connectivity index is 2.11. The van der Waals surface area contributed by atoms with Gasteiger partial charge in [0.15, 0.2) is 5.78 Å². The first-order valence-electron chi connectivity index (χ1n) is 12.4. The number of hydrogen-bond acceptors (Lipinski definition) is 8. The molecule has 0 amide bonds. The summed E-state index contributed by atoms with van der Waals surface area (Å²) in [5.74, 6) is -2.89. The molecule has 0 spiro atoms. The van der Waals surface area contributed by atoms with Crippen molar-refractivity contribution in [1.29, 1.82) is 0 Å². The lowest BCUT2D eigenvalue weighted by molar-refractivity contribution is -0.151. The van der Waals surface area contributed by atoms with Gasteiger partial charge in [-0.1, -0.05) is 25.1 Å². The fourth-order valence-corrected chi connectivity index (χ4v) is 4.84. The minimum absolute atomic E-state index is 0.0126. The molecule has 36 heavy (non-hydrogen) atoms. The van der Waals surface area contributed by atoms with E-state index in [0.717, 1.165) is 0 Å². The van der Waals surface area contributed by atoms with Crippen LogP contribution in [0.1, 0.15) is 59.4 Å². The topological polar surface area (TPSA) is 100 Å². The van der Waals surface area contributed by atoms with Crippen LogP contribution in [0, 0.1) is 11.8 Å². The normalized spacial score (nSPS) is 21.9. The molecule has 1 aliphatic heterocycles. The lowest BCUT2D eigenvalue weighted by atomic mass is 9.69. The first kappa shape index (κ1) is 27.5. The molecule has 196 valence electrons. The molecule has 1 aromatic carbocycles. The molecule has 3 unspecified atom stereocenters. The number of para-hydroxylation sites is 1. The van der Waals surface area contributed by atoms with Crippen molar-refractivity contribution in [2.45, 2.75) is 66.1 Å². The summed E-state index contributed by atoms with van der Waals surface area (Å²) in [6.07, 6.45) is 0.352. The fourth-order valence-electron chi connectivity index (χ4n) is 4.84. The Morgan fingerprint density at radius 1 is 1.08 bits per heavy atom. The molecule has 1 aliphatic carbocycles. The maximum Gasteiger partial charge on any atom is 0.336 e. The highest BCUT2D eigenvalue weighted by molar-refractivity contribution is 6.12. The van der Waals surface area contributed by atoms with E-state index in [1.807, 2.05) is 58.9 Å². The maximum atomic E-state index is 13.9. The van der Waals surface area contributed by atoms with Gasteiger partial charge in [0.1, 0.15) is 18.3 Å². The van der Waals surface area contributed by atoms with E-state index in [-0.39, 0.29) is 37.1 Å². The summed E-state index contributed by atoms with van der Waals surface area (Å²) in [5, 5.41) is 3.27. The second-order valence-electron chi connectivity index (χ2n) is 9.80. The molecule has 0 saturated heterocycles. The molecule has 0 saturated carbocycles. The summed E-state index contributed by atoms with van der Waals surface area (Å²) >= 11 is 0. The monoisotopic (exact) mass is 499 g/mol. The molecule has 1 N–H and O–H groups in total. The van der Waals surface area contributed by atoms with Gasteiger partial charge in [-0.25, -0.2) is 4.79 Å². The zero-order chi connectivity index (χ0) is 26.6. The standard InChI is InChI=1S/C28H37NO7/c1-15(2)34-12-13-35-28(32)23-18(6)29-20-14-17(5)22(27(31)33-7)26(30)25(20)24(23)19-10-8-9-11-21(19)36-16(3)4/h8-11,15-17,22,24,29H,12-14H2,1-7H3. The number of allylic oxidation sites excluding steroid dienone is 3. The Bertz CT molecular complexity index is 1070. The van der Waals surface area contributed by atoms with E-state index in [9.17, 15) is 14.4 Å². The fraction of sp³-hybridized carbons (Fsp3) is 0.536. The van der Waals surface area contributed by atoms with Crippen molar-refractivity contribution >= 4 is 17.7 Å². The van der Waals surface area contributed by atoms with E-state index < -0.39 is 23.8 Å². The highest BCUT2D eigenvalue weighted by Crippen LogP contribution is 2.47. The van der Waals surface area contributed by atoms with Gasteiger partial charge < -0.3 is 24.3 Å². The van der Waals surface area contributed by atoms with Crippen LogP contribution in [0.2, 0.25) is 0 Å². The molecule has 3 rings (SSSR count). The predicted octanol–water partition coefficient (Wildman–Crippen LogP) is 4.06. The zero-order valence-electron chi connectivity index (χ0n) is 22.2. The molecule has 0 radical (unpaired) electrons. The van der Waals surface area contributed by atoms with Crippen LogP contribution in [0.3, 0.4) is 0 Å². The molecule has 2 aliphatic rings. The van der Waals surface area contributed by atoms with Crippen LogP contribution in [0.15, 0.2) is 46.8 Å². The maximum absolute atomic E-state index is 13.9. The number of Topliss-reactive ketones (excluding diaryl/α,β-unsaturated/α-hetero) is 1. The number of ketones is 1. The van der Waals surface area contributed by atoms with Crippen LogP contribution in [0.25, 0.3) is 0 Å². The number of methoxy groups -OCH3 is 1. The zero-order valence-corrected chi connectivity index (χ0v) is 22.2. The molecular formula is C28H37NO7. The lowest BCUT2D eigenvalue weighted by Crippen LogP contribution is -2.43. The summed E-state index contributed by atoms with van der Waals surface area (Å²) < 4.78 is 22.1. The summed E-state index contributed by atoms with van der Waals surface area (Å²) in [5.41, 5.74) is 2.65. The van der Waals surface area contributed by atoms with Crippen LogP contribution in [-0.2, 0) is 28.6 Å². The smallest absolute Gasteiger partial charge is 0.336 e. The molecule has 1 heterocycles. The molecule has 1 aromatic rings. The van der Waals surface area contributed by atoms with E-state index in [0.29, 0.717) is 40.3 Å². The van der Waals surface area contributed by atoms with Gasteiger partial charge in [0.05, 0.1) is 37.4 Å². The van der Waals surface area contributed by atoms with Gasteiger partial charge in [-0.2, -0.15) is 0 Å².